The minimum absolute atomic E-state index is 0.0875. The Hall–Kier alpha value is -2.49. The molecule has 0 aromatic carbocycles. The minimum atomic E-state index is -4.92. The van der Waals surface area contributed by atoms with Crippen molar-refractivity contribution in [2.45, 2.75) is 270 Å². The second kappa shape index (κ2) is 54.1. The van der Waals surface area contributed by atoms with Crippen LogP contribution in [0.25, 0.3) is 0 Å². The largest absolute Gasteiger partial charge is 0.472 e. The molecule has 0 aliphatic heterocycles. The monoisotopic (exact) mass is 1130 g/mol. The van der Waals surface area contributed by atoms with Crippen LogP contribution in [0.3, 0.4) is 0 Å². The van der Waals surface area contributed by atoms with Gasteiger partial charge in [-0.25, -0.2) is 9.13 Å². The van der Waals surface area contributed by atoms with Crippen molar-refractivity contribution in [3.05, 3.63) is 48.6 Å². The summed E-state index contributed by atoms with van der Waals surface area (Å²) >= 11 is 0. The van der Waals surface area contributed by atoms with E-state index in [0.29, 0.717) is 19.3 Å². The number of aliphatic hydroxyl groups is 2. The summed E-state index contributed by atoms with van der Waals surface area (Å²) in [6, 6.07) is 0. The molecule has 0 spiro atoms. The molecule has 5 atom stereocenters. The third-order valence-corrected chi connectivity index (χ3v) is 14.4. The second-order valence-corrected chi connectivity index (χ2v) is 23.1. The molecular weight excluding hydrogens is 1030 g/mol. The molecule has 0 bridgehead atoms. The number of aliphatic hydroxyl groups excluding tert-OH is 2. The van der Waals surface area contributed by atoms with E-state index in [1.54, 1.807) is 0 Å². The van der Waals surface area contributed by atoms with Crippen LogP contribution in [0.1, 0.15) is 252 Å². The Kier molecular flexibility index (Phi) is 52.4. The van der Waals surface area contributed by atoms with Crippen molar-refractivity contribution in [3.63, 3.8) is 0 Å². The van der Waals surface area contributed by atoms with E-state index in [9.17, 15) is 43.5 Å². The molecular formula is C59H108O16P2. The Bertz CT molecular complexity index is 1620. The van der Waals surface area contributed by atoms with Crippen LogP contribution in [0.4, 0.5) is 0 Å². The van der Waals surface area contributed by atoms with Gasteiger partial charge in [-0.05, 0) is 70.6 Å². The first-order chi connectivity index (χ1) is 37.2. The number of hydrogen-bond acceptors (Lipinski definition) is 14. The number of phosphoric ester groups is 2. The molecule has 16 nitrogen and oxygen atoms in total. The third-order valence-electron chi connectivity index (χ3n) is 12.5. The topological polar surface area (TPSA) is 231 Å². The van der Waals surface area contributed by atoms with E-state index < -0.39 is 91.5 Å². The van der Waals surface area contributed by atoms with Gasteiger partial charge in [0.05, 0.1) is 26.4 Å². The van der Waals surface area contributed by atoms with E-state index in [4.69, 9.17) is 32.3 Å². The second-order valence-electron chi connectivity index (χ2n) is 20.2. The lowest BCUT2D eigenvalue weighted by atomic mass is 10.0. The first-order valence-corrected chi connectivity index (χ1v) is 32.9. The highest BCUT2D eigenvalue weighted by atomic mass is 31.2. The van der Waals surface area contributed by atoms with Gasteiger partial charge in [-0.3, -0.25) is 32.5 Å². The first-order valence-electron chi connectivity index (χ1n) is 29.9. The maximum atomic E-state index is 12.8. The molecule has 0 aromatic rings. The SMILES string of the molecule is CCC/C=C\C/C=C\CCCCCCCC(=O)OCC(COP(=O)(O)OCC(O)COP(=O)(O)OCC(O)COC(=O)CCCCCCCCCCCCCCCCC)OC(=O)CCCCCCC/C=C\C/C=C\CCC. The molecule has 0 aliphatic rings. The summed E-state index contributed by atoms with van der Waals surface area (Å²) in [6.07, 6.45) is 49.0. The number of carbonyl (C=O) groups is 3. The number of rotatable bonds is 57. The molecule has 0 rings (SSSR count). The maximum Gasteiger partial charge on any atom is 0.472 e. The van der Waals surface area contributed by atoms with E-state index in [0.717, 1.165) is 122 Å². The number of carbonyl (C=O) groups excluding carboxylic acids is 3. The molecule has 450 valence electrons. The summed E-state index contributed by atoms with van der Waals surface area (Å²) in [6.45, 7) is 2.50. The minimum Gasteiger partial charge on any atom is -0.463 e. The predicted molar refractivity (Wildman–Crippen MR) is 307 cm³/mol. The van der Waals surface area contributed by atoms with Gasteiger partial charge < -0.3 is 34.2 Å². The van der Waals surface area contributed by atoms with Gasteiger partial charge in [0.1, 0.15) is 25.4 Å². The van der Waals surface area contributed by atoms with Crippen LogP contribution in [-0.4, -0.2) is 95.9 Å². The summed E-state index contributed by atoms with van der Waals surface area (Å²) in [5.74, 6) is -1.60. The molecule has 0 saturated carbocycles. The van der Waals surface area contributed by atoms with Crippen molar-refractivity contribution < 1.29 is 75.8 Å². The van der Waals surface area contributed by atoms with Gasteiger partial charge in [0, 0.05) is 19.3 Å². The Morgan fingerprint density at radius 3 is 1.06 bits per heavy atom. The number of allylic oxidation sites excluding steroid dienone is 8. The predicted octanol–water partition coefficient (Wildman–Crippen LogP) is 15.3. The van der Waals surface area contributed by atoms with Crippen LogP contribution < -0.4 is 0 Å². The number of hydrogen-bond donors (Lipinski definition) is 4. The van der Waals surface area contributed by atoms with Gasteiger partial charge in [0.15, 0.2) is 6.10 Å². The lowest BCUT2D eigenvalue weighted by Crippen LogP contribution is -2.30. The Morgan fingerprint density at radius 1 is 0.364 bits per heavy atom. The molecule has 5 unspecified atom stereocenters. The van der Waals surface area contributed by atoms with Crippen LogP contribution in [0.5, 0.6) is 0 Å². The molecule has 0 aromatic heterocycles. The quantitative estimate of drug-likeness (QED) is 0.0146. The molecule has 4 N–H and O–H groups in total. The van der Waals surface area contributed by atoms with Gasteiger partial charge >= 0.3 is 33.6 Å². The lowest BCUT2D eigenvalue weighted by molar-refractivity contribution is -0.161. The van der Waals surface area contributed by atoms with Crippen LogP contribution >= 0.6 is 15.6 Å². The highest BCUT2D eigenvalue weighted by Crippen LogP contribution is 2.45. The molecule has 0 heterocycles. The maximum absolute atomic E-state index is 12.8. The van der Waals surface area contributed by atoms with E-state index in [2.05, 4.69) is 69.4 Å². The Balaban J connectivity index is 4.68. The van der Waals surface area contributed by atoms with Crippen LogP contribution in [0.15, 0.2) is 48.6 Å². The van der Waals surface area contributed by atoms with Gasteiger partial charge in [0.2, 0.25) is 0 Å². The van der Waals surface area contributed by atoms with E-state index >= 15 is 0 Å². The molecule has 77 heavy (non-hydrogen) atoms. The molecule has 0 saturated heterocycles. The Morgan fingerprint density at radius 2 is 0.675 bits per heavy atom. The summed E-state index contributed by atoms with van der Waals surface area (Å²) in [7, 11) is -9.75. The van der Waals surface area contributed by atoms with Gasteiger partial charge in [-0.1, -0.05) is 211 Å². The summed E-state index contributed by atoms with van der Waals surface area (Å²) in [5.41, 5.74) is 0. The van der Waals surface area contributed by atoms with Crippen molar-refractivity contribution in [3.8, 4) is 0 Å². The zero-order valence-corrected chi connectivity index (χ0v) is 49.9. The van der Waals surface area contributed by atoms with Crippen molar-refractivity contribution in [1.29, 1.82) is 0 Å². The summed E-state index contributed by atoms with van der Waals surface area (Å²) < 4.78 is 60.5. The highest BCUT2D eigenvalue weighted by Gasteiger charge is 2.29. The molecule has 0 aliphatic carbocycles. The van der Waals surface area contributed by atoms with Crippen molar-refractivity contribution in [2.75, 3.05) is 39.6 Å². The van der Waals surface area contributed by atoms with Gasteiger partial charge in [-0.15, -0.1) is 0 Å². The van der Waals surface area contributed by atoms with Gasteiger partial charge in [-0.2, -0.15) is 0 Å². The van der Waals surface area contributed by atoms with E-state index in [1.807, 2.05) is 0 Å². The average molecular weight is 1140 g/mol. The molecule has 0 amide bonds. The standard InChI is InChI=1S/C59H108O16P2/c1-4-7-10-13-16-19-22-25-26-29-31-33-36-39-42-45-57(62)69-48-54(60)49-71-76(65,66)72-50-55(61)51-73-77(67,68)74-53-56(75-59(64)47-44-41-38-35-32-28-24-21-18-15-12-9-6-3)52-70-58(63)46-43-40-37-34-30-27-23-20-17-14-11-8-5-2/h11-12,14-15,20-21,23-24,54-56,60-61H,4-10,13,16-19,22,25-53H2,1-3H3,(H,65,66)(H,67,68)/b14-11-,15-12-,23-20-,24-21-. The third kappa shape index (κ3) is 55.2. The lowest BCUT2D eigenvalue weighted by Gasteiger charge is -2.21. The molecule has 0 radical (unpaired) electrons. The van der Waals surface area contributed by atoms with Crippen LogP contribution in [0, 0.1) is 0 Å². The van der Waals surface area contributed by atoms with E-state index in [-0.39, 0.29) is 19.3 Å². The molecule has 18 heteroatoms. The smallest absolute Gasteiger partial charge is 0.463 e. The first kappa shape index (κ1) is 74.5. The number of esters is 3. The zero-order chi connectivity index (χ0) is 56.8. The number of phosphoric acid groups is 2. The fourth-order valence-corrected chi connectivity index (χ4v) is 9.47. The average Bonchev–Trinajstić information content (AvgIpc) is 3.40. The fourth-order valence-electron chi connectivity index (χ4n) is 7.88. The van der Waals surface area contributed by atoms with Crippen LogP contribution in [-0.2, 0) is 55.8 Å². The molecule has 0 fully saturated rings. The Labute approximate surface area is 466 Å². The van der Waals surface area contributed by atoms with E-state index in [1.165, 1.54) is 70.6 Å². The highest BCUT2D eigenvalue weighted by molar-refractivity contribution is 7.47. The number of ether oxygens (including phenoxy) is 3. The summed E-state index contributed by atoms with van der Waals surface area (Å²) in [4.78, 5) is 58.0. The summed E-state index contributed by atoms with van der Waals surface area (Å²) in [5, 5.41) is 20.4. The van der Waals surface area contributed by atoms with Crippen molar-refractivity contribution in [1.82, 2.24) is 0 Å². The van der Waals surface area contributed by atoms with Crippen molar-refractivity contribution in [2.24, 2.45) is 0 Å². The van der Waals surface area contributed by atoms with Crippen molar-refractivity contribution >= 4 is 33.6 Å². The van der Waals surface area contributed by atoms with Gasteiger partial charge in [0.25, 0.3) is 0 Å². The normalized spacial score (nSPS) is 14.8. The zero-order valence-electron chi connectivity index (χ0n) is 48.1. The van der Waals surface area contributed by atoms with Crippen LogP contribution in [0.2, 0.25) is 0 Å². The number of unbranched alkanes of at least 4 members (excludes halogenated alkanes) is 26. The fraction of sp³-hybridized carbons (Fsp3) is 0.814.